The molecule has 0 aliphatic rings. The van der Waals surface area contributed by atoms with Crippen LogP contribution in [0.5, 0.6) is 0 Å². The molecule has 0 atom stereocenters. The summed E-state index contributed by atoms with van der Waals surface area (Å²) in [5.41, 5.74) is 1.33. The summed E-state index contributed by atoms with van der Waals surface area (Å²) in [6.45, 7) is 4.40. The molecule has 0 N–H and O–H groups in total. The van der Waals surface area contributed by atoms with E-state index in [4.69, 9.17) is 0 Å². The zero-order valence-electron chi connectivity index (χ0n) is 11.8. The van der Waals surface area contributed by atoms with Crippen molar-refractivity contribution in [3.63, 3.8) is 0 Å². The first-order valence-corrected chi connectivity index (χ1v) is 8.09. The van der Waals surface area contributed by atoms with Crippen molar-refractivity contribution in [3.8, 4) is 0 Å². The number of hydrogen-bond acceptors (Lipinski definition) is 1. The van der Waals surface area contributed by atoms with Crippen molar-refractivity contribution in [3.05, 3.63) is 41.3 Å². The van der Waals surface area contributed by atoms with Gasteiger partial charge in [-0.1, -0.05) is 74.6 Å². The molecule has 18 heavy (non-hydrogen) atoms. The first kappa shape index (κ1) is 15.4. The topological polar surface area (TPSA) is 0 Å². The van der Waals surface area contributed by atoms with Crippen molar-refractivity contribution in [1.29, 1.82) is 0 Å². The largest absolute Gasteiger partial charge is 0.0984 e. The van der Waals surface area contributed by atoms with E-state index in [0.29, 0.717) is 0 Å². The summed E-state index contributed by atoms with van der Waals surface area (Å²) in [7, 11) is 0. The van der Waals surface area contributed by atoms with Gasteiger partial charge in [-0.15, -0.1) is 0 Å². The van der Waals surface area contributed by atoms with Crippen molar-refractivity contribution in [2.45, 2.75) is 63.7 Å². The number of thioether (sulfide) groups is 1. The summed E-state index contributed by atoms with van der Waals surface area (Å²) < 4.78 is 0. The van der Waals surface area contributed by atoms with Crippen LogP contribution in [0.3, 0.4) is 0 Å². The molecule has 0 nitrogen and oxygen atoms in total. The van der Waals surface area contributed by atoms with E-state index in [0.717, 1.165) is 0 Å². The number of unbranched alkanes of at least 4 members (excludes halogenated alkanes) is 6. The molecule has 0 radical (unpaired) electrons. The fourth-order valence-corrected chi connectivity index (χ4v) is 2.54. The van der Waals surface area contributed by atoms with Crippen LogP contribution in [0.4, 0.5) is 0 Å². The number of aryl methyl sites for hydroxylation is 1. The molecule has 1 aromatic carbocycles. The van der Waals surface area contributed by atoms with E-state index in [1.807, 2.05) is 11.8 Å². The van der Waals surface area contributed by atoms with Gasteiger partial charge in [0.1, 0.15) is 0 Å². The van der Waals surface area contributed by atoms with Gasteiger partial charge in [0, 0.05) is 4.90 Å². The second-order valence-electron chi connectivity index (χ2n) is 4.86. The van der Waals surface area contributed by atoms with Gasteiger partial charge in [0.15, 0.2) is 0 Å². The quantitative estimate of drug-likeness (QED) is 0.369. The van der Waals surface area contributed by atoms with Crippen LogP contribution in [0.1, 0.15) is 57.4 Å². The minimum Gasteiger partial charge on any atom is -0.0984 e. The third-order valence-corrected chi connectivity index (χ3v) is 3.92. The van der Waals surface area contributed by atoms with Crippen LogP contribution < -0.4 is 0 Å². The average Bonchev–Trinajstić information content (AvgIpc) is 2.39. The Balaban J connectivity index is 2.02. The molecular formula is C17H26S. The first-order valence-electron chi connectivity index (χ1n) is 7.21. The predicted octanol–water partition coefficient (Wildman–Crippen LogP) is 6.35. The van der Waals surface area contributed by atoms with Crippen LogP contribution in [0.15, 0.2) is 40.6 Å². The fraction of sp³-hybridized carbons (Fsp3) is 0.529. The summed E-state index contributed by atoms with van der Waals surface area (Å²) in [6.07, 6.45) is 11.8. The van der Waals surface area contributed by atoms with Crippen molar-refractivity contribution < 1.29 is 0 Å². The normalized spacial score (nSPS) is 11.2. The highest BCUT2D eigenvalue weighted by molar-refractivity contribution is 8.02. The molecule has 0 fully saturated rings. The second-order valence-corrected chi connectivity index (χ2v) is 5.84. The molecule has 1 aromatic rings. The first-order chi connectivity index (χ1) is 8.83. The summed E-state index contributed by atoms with van der Waals surface area (Å²) in [4.78, 5) is 1.33. The van der Waals surface area contributed by atoms with Gasteiger partial charge >= 0.3 is 0 Å². The third-order valence-electron chi connectivity index (χ3n) is 3.05. The Morgan fingerprint density at radius 1 is 0.944 bits per heavy atom. The minimum absolute atomic E-state index is 1.23. The molecule has 100 valence electrons. The van der Waals surface area contributed by atoms with Gasteiger partial charge in [0.05, 0.1) is 0 Å². The summed E-state index contributed by atoms with van der Waals surface area (Å²) >= 11 is 1.82. The lowest BCUT2D eigenvalue weighted by molar-refractivity contribution is 0.611. The van der Waals surface area contributed by atoms with Gasteiger partial charge in [-0.05, 0) is 37.3 Å². The molecule has 0 bridgehead atoms. The Kier molecular flexibility index (Phi) is 8.75. The number of allylic oxidation sites excluding steroid dienone is 1. The second kappa shape index (κ2) is 10.3. The van der Waals surface area contributed by atoms with Crippen molar-refractivity contribution in [1.82, 2.24) is 0 Å². The zero-order valence-corrected chi connectivity index (χ0v) is 12.6. The maximum absolute atomic E-state index is 2.31. The van der Waals surface area contributed by atoms with Gasteiger partial charge in [-0.3, -0.25) is 0 Å². The summed E-state index contributed by atoms with van der Waals surface area (Å²) in [5, 5.41) is 2.23. The van der Waals surface area contributed by atoms with Crippen LogP contribution in [-0.4, -0.2) is 0 Å². The number of hydrogen-bond donors (Lipinski definition) is 0. The maximum Gasteiger partial charge on any atom is 0.0116 e. The van der Waals surface area contributed by atoms with E-state index in [1.54, 1.807) is 0 Å². The summed E-state index contributed by atoms with van der Waals surface area (Å²) in [6, 6.07) is 8.72. The van der Waals surface area contributed by atoms with Crippen molar-refractivity contribution in [2.75, 3.05) is 0 Å². The predicted molar refractivity (Wildman–Crippen MR) is 84.2 cm³/mol. The Morgan fingerprint density at radius 2 is 1.61 bits per heavy atom. The van der Waals surface area contributed by atoms with Crippen molar-refractivity contribution in [2.24, 2.45) is 0 Å². The SMILES string of the molecule is CCCCCCCC/C=C\Sc1ccc(C)cc1. The van der Waals surface area contributed by atoms with Crippen LogP contribution in [0.2, 0.25) is 0 Å². The van der Waals surface area contributed by atoms with Crippen LogP contribution in [-0.2, 0) is 0 Å². The molecule has 0 heterocycles. The van der Waals surface area contributed by atoms with Gasteiger partial charge in [-0.25, -0.2) is 0 Å². The molecule has 0 unspecified atom stereocenters. The fourth-order valence-electron chi connectivity index (χ4n) is 1.85. The highest BCUT2D eigenvalue weighted by atomic mass is 32.2. The molecule has 1 rings (SSSR count). The Bertz CT molecular complexity index is 324. The standard InChI is InChI=1S/C17H26S/c1-3-4-5-6-7-8-9-10-15-18-17-13-11-16(2)12-14-17/h10-15H,3-9H2,1-2H3/b15-10-. The van der Waals surface area contributed by atoms with Gasteiger partial charge < -0.3 is 0 Å². The van der Waals surface area contributed by atoms with Gasteiger partial charge in [0.25, 0.3) is 0 Å². The molecule has 0 saturated carbocycles. The molecule has 0 spiro atoms. The molecule has 0 saturated heterocycles. The number of rotatable bonds is 9. The molecule has 1 heteroatoms. The van der Waals surface area contributed by atoms with E-state index >= 15 is 0 Å². The smallest absolute Gasteiger partial charge is 0.0116 e. The highest BCUT2D eigenvalue weighted by Crippen LogP contribution is 2.19. The molecule has 0 aliphatic heterocycles. The molecule has 0 aliphatic carbocycles. The number of benzene rings is 1. The van der Waals surface area contributed by atoms with E-state index in [-0.39, 0.29) is 0 Å². The van der Waals surface area contributed by atoms with Crippen LogP contribution in [0, 0.1) is 6.92 Å². The van der Waals surface area contributed by atoms with Gasteiger partial charge in [0.2, 0.25) is 0 Å². The monoisotopic (exact) mass is 262 g/mol. The lowest BCUT2D eigenvalue weighted by Crippen LogP contribution is -1.77. The van der Waals surface area contributed by atoms with E-state index in [1.165, 1.54) is 55.4 Å². The highest BCUT2D eigenvalue weighted by Gasteiger charge is 1.90. The maximum atomic E-state index is 2.31. The Morgan fingerprint density at radius 3 is 2.33 bits per heavy atom. The lowest BCUT2D eigenvalue weighted by Gasteiger charge is -1.98. The zero-order chi connectivity index (χ0) is 13.1. The molecule has 0 aromatic heterocycles. The van der Waals surface area contributed by atoms with Crippen LogP contribution in [0.25, 0.3) is 0 Å². The lowest BCUT2D eigenvalue weighted by atomic mass is 10.1. The summed E-state index contributed by atoms with van der Waals surface area (Å²) in [5.74, 6) is 0. The molecule has 0 amide bonds. The Labute approximate surface area is 117 Å². The van der Waals surface area contributed by atoms with Crippen molar-refractivity contribution >= 4 is 11.8 Å². The van der Waals surface area contributed by atoms with E-state index < -0.39 is 0 Å². The average molecular weight is 262 g/mol. The van der Waals surface area contributed by atoms with Gasteiger partial charge in [-0.2, -0.15) is 0 Å². The molecular weight excluding hydrogens is 236 g/mol. The minimum atomic E-state index is 1.23. The van der Waals surface area contributed by atoms with Crippen LogP contribution >= 0.6 is 11.8 Å². The third kappa shape index (κ3) is 7.60. The van der Waals surface area contributed by atoms with E-state index in [2.05, 4.69) is 49.6 Å². The Hall–Kier alpha value is -0.690. The van der Waals surface area contributed by atoms with E-state index in [9.17, 15) is 0 Å².